The number of halogens is 1. The summed E-state index contributed by atoms with van der Waals surface area (Å²) in [5.41, 5.74) is 0.374. The first-order chi connectivity index (χ1) is 10.5. The van der Waals surface area contributed by atoms with Gasteiger partial charge in [0.1, 0.15) is 22.8 Å². The summed E-state index contributed by atoms with van der Waals surface area (Å²) in [6.07, 6.45) is -0.0336. The van der Waals surface area contributed by atoms with Crippen LogP contribution in [0.15, 0.2) is 46.9 Å². The molecule has 0 spiro atoms. The van der Waals surface area contributed by atoms with Crippen LogP contribution in [0, 0.1) is 0 Å². The minimum atomic E-state index is -0.470. The smallest absolute Gasteiger partial charge is 0.347 e. The highest BCUT2D eigenvalue weighted by atomic mass is 79.9. The average molecular weight is 365 g/mol. The Morgan fingerprint density at radius 3 is 2.27 bits per heavy atom. The molecule has 0 bridgehead atoms. The Morgan fingerprint density at radius 1 is 1.05 bits per heavy atom. The number of ether oxygens (including phenoxy) is 3. The summed E-state index contributed by atoms with van der Waals surface area (Å²) in [5.74, 6) is 1.17. The summed E-state index contributed by atoms with van der Waals surface area (Å²) in [5, 5.41) is 0. The number of esters is 1. The van der Waals surface area contributed by atoms with Crippen molar-refractivity contribution < 1.29 is 19.0 Å². The van der Waals surface area contributed by atoms with E-state index in [4.69, 9.17) is 14.2 Å². The standard InChI is InChI=1S/C17H17BrO4/c1-11(2)21-16-9-4-12(18)10-15(16)17(19)22-14-7-5-13(20-3)6-8-14/h4-11H,1-3H3. The van der Waals surface area contributed by atoms with Crippen molar-refractivity contribution in [3.8, 4) is 17.2 Å². The van der Waals surface area contributed by atoms with Gasteiger partial charge in [-0.1, -0.05) is 15.9 Å². The van der Waals surface area contributed by atoms with Gasteiger partial charge in [0.05, 0.1) is 13.2 Å². The normalized spacial score (nSPS) is 10.4. The Hall–Kier alpha value is -2.01. The number of rotatable bonds is 5. The van der Waals surface area contributed by atoms with E-state index in [2.05, 4.69) is 15.9 Å². The molecular weight excluding hydrogens is 348 g/mol. The van der Waals surface area contributed by atoms with E-state index in [9.17, 15) is 4.79 Å². The molecule has 0 atom stereocenters. The van der Waals surface area contributed by atoms with Crippen LogP contribution in [0.25, 0.3) is 0 Å². The molecule has 0 N–H and O–H groups in total. The Kier molecular flexibility index (Phi) is 5.44. The average Bonchev–Trinajstić information content (AvgIpc) is 2.49. The van der Waals surface area contributed by atoms with Crippen molar-refractivity contribution in [2.24, 2.45) is 0 Å². The minimum absolute atomic E-state index is 0.0336. The molecule has 0 saturated carbocycles. The third-order valence-corrected chi connectivity index (χ3v) is 3.29. The zero-order valence-electron chi connectivity index (χ0n) is 12.6. The first-order valence-corrected chi connectivity index (χ1v) is 7.61. The van der Waals surface area contributed by atoms with E-state index in [1.165, 1.54) is 0 Å². The summed E-state index contributed by atoms with van der Waals surface area (Å²) in [6.45, 7) is 3.81. The quantitative estimate of drug-likeness (QED) is 0.580. The Morgan fingerprint density at radius 2 is 1.68 bits per heavy atom. The molecule has 2 aromatic carbocycles. The fourth-order valence-electron chi connectivity index (χ4n) is 1.82. The van der Waals surface area contributed by atoms with Crippen molar-refractivity contribution in [1.82, 2.24) is 0 Å². The second-order valence-electron chi connectivity index (χ2n) is 4.87. The predicted molar refractivity (Wildman–Crippen MR) is 87.9 cm³/mol. The SMILES string of the molecule is COc1ccc(OC(=O)c2cc(Br)ccc2OC(C)C)cc1. The van der Waals surface area contributed by atoms with Gasteiger partial charge in [0, 0.05) is 4.47 Å². The molecule has 0 radical (unpaired) electrons. The zero-order valence-corrected chi connectivity index (χ0v) is 14.2. The molecule has 22 heavy (non-hydrogen) atoms. The third kappa shape index (κ3) is 4.24. The number of methoxy groups -OCH3 is 1. The molecule has 2 rings (SSSR count). The van der Waals surface area contributed by atoms with E-state index in [0.717, 1.165) is 4.47 Å². The van der Waals surface area contributed by atoms with E-state index in [0.29, 0.717) is 22.8 Å². The second-order valence-corrected chi connectivity index (χ2v) is 5.79. The molecule has 0 aliphatic carbocycles. The fourth-order valence-corrected chi connectivity index (χ4v) is 2.19. The van der Waals surface area contributed by atoms with Crippen molar-refractivity contribution in [2.45, 2.75) is 20.0 Å². The summed E-state index contributed by atoms with van der Waals surface area (Å²) in [7, 11) is 1.58. The van der Waals surface area contributed by atoms with Crippen molar-refractivity contribution in [3.63, 3.8) is 0 Å². The zero-order chi connectivity index (χ0) is 16.1. The maximum atomic E-state index is 12.4. The summed E-state index contributed by atoms with van der Waals surface area (Å²) >= 11 is 3.36. The van der Waals surface area contributed by atoms with E-state index in [1.807, 2.05) is 19.9 Å². The van der Waals surface area contributed by atoms with Crippen LogP contribution in [0.2, 0.25) is 0 Å². The molecule has 116 valence electrons. The minimum Gasteiger partial charge on any atom is -0.497 e. The molecule has 2 aromatic rings. The molecule has 4 nitrogen and oxygen atoms in total. The van der Waals surface area contributed by atoms with Crippen LogP contribution < -0.4 is 14.2 Å². The molecule has 0 saturated heterocycles. The first kappa shape index (κ1) is 16.4. The highest BCUT2D eigenvalue weighted by Gasteiger charge is 2.16. The highest BCUT2D eigenvalue weighted by molar-refractivity contribution is 9.10. The molecule has 0 aromatic heterocycles. The third-order valence-electron chi connectivity index (χ3n) is 2.79. The van der Waals surface area contributed by atoms with Gasteiger partial charge < -0.3 is 14.2 Å². The van der Waals surface area contributed by atoms with Crippen LogP contribution in [-0.2, 0) is 0 Å². The van der Waals surface area contributed by atoms with Gasteiger partial charge in [-0.25, -0.2) is 4.79 Å². The molecule has 5 heteroatoms. The summed E-state index contributed by atoms with van der Waals surface area (Å²) in [6, 6.07) is 12.1. The first-order valence-electron chi connectivity index (χ1n) is 6.82. The van der Waals surface area contributed by atoms with Crippen LogP contribution in [0.3, 0.4) is 0 Å². The van der Waals surface area contributed by atoms with Gasteiger partial charge in [0.15, 0.2) is 0 Å². The van der Waals surface area contributed by atoms with Crippen molar-refractivity contribution in [2.75, 3.05) is 7.11 Å². The van der Waals surface area contributed by atoms with Crippen molar-refractivity contribution in [3.05, 3.63) is 52.5 Å². The molecule has 0 aliphatic heterocycles. The molecule has 0 fully saturated rings. The van der Waals surface area contributed by atoms with Gasteiger partial charge in [-0.05, 0) is 56.3 Å². The van der Waals surface area contributed by atoms with Gasteiger partial charge >= 0.3 is 5.97 Å². The molecule has 0 amide bonds. The van der Waals surface area contributed by atoms with Crippen LogP contribution in [-0.4, -0.2) is 19.2 Å². The Bertz CT molecular complexity index is 650. The van der Waals surface area contributed by atoms with Gasteiger partial charge in [-0.3, -0.25) is 0 Å². The molecule has 0 unspecified atom stereocenters. The Labute approximate surface area is 138 Å². The highest BCUT2D eigenvalue weighted by Crippen LogP contribution is 2.26. The number of benzene rings is 2. The number of hydrogen-bond acceptors (Lipinski definition) is 4. The maximum absolute atomic E-state index is 12.4. The van der Waals surface area contributed by atoms with E-state index in [1.54, 1.807) is 43.5 Å². The largest absolute Gasteiger partial charge is 0.497 e. The number of carbonyl (C=O) groups is 1. The van der Waals surface area contributed by atoms with Gasteiger partial charge in [-0.15, -0.1) is 0 Å². The molecular formula is C17H17BrO4. The summed E-state index contributed by atoms with van der Waals surface area (Å²) < 4.78 is 16.9. The van der Waals surface area contributed by atoms with Gasteiger partial charge in [-0.2, -0.15) is 0 Å². The topological polar surface area (TPSA) is 44.8 Å². The number of hydrogen-bond donors (Lipinski definition) is 0. The van der Waals surface area contributed by atoms with Crippen LogP contribution >= 0.6 is 15.9 Å². The maximum Gasteiger partial charge on any atom is 0.347 e. The fraction of sp³-hybridized carbons (Fsp3) is 0.235. The monoisotopic (exact) mass is 364 g/mol. The molecule has 0 aliphatic rings. The van der Waals surface area contributed by atoms with Crippen LogP contribution in [0.5, 0.6) is 17.2 Å². The van der Waals surface area contributed by atoms with E-state index >= 15 is 0 Å². The van der Waals surface area contributed by atoms with Crippen LogP contribution in [0.4, 0.5) is 0 Å². The lowest BCUT2D eigenvalue weighted by Gasteiger charge is -2.14. The lowest BCUT2D eigenvalue weighted by atomic mass is 10.2. The van der Waals surface area contributed by atoms with Gasteiger partial charge in [0.2, 0.25) is 0 Å². The Balaban J connectivity index is 2.22. The predicted octanol–water partition coefficient (Wildman–Crippen LogP) is 4.46. The lowest BCUT2D eigenvalue weighted by molar-refractivity contribution is 0.0728. The van der Waals surface area contributed by atoms with E-state index in [-0.39, 0.29) is 6.10 Å². The van der Waals surface area contributed by atoms with Crippen molar-refractivity contribution in [1.29, 1.82) is 0 Å². The number of carbonyl (C=O) groups excluding carboxylic acids is 1. The lowest BCUT2D eigenvalue weighted by Crippen LogP contribution is -2.14. The van der Waals surface area contributed by atoms with Crippen molar-refractivity contribution >= 4 is 21.9 Å². The molecule has 0 heterocycles. The summed E-state index contributed by atoms with van der Waals surface area (Å²) in [4.78, 5) is 12.4. The van der Waals surface area contributed by atoms with Crippen LogP contribution in [0.1, 0.15) is 24.2 Å². The van der Waals surface area contributed by atoms with Gasteiger partial charge in [0.25, 0.3) is 0 Å². The second kappa shape index (κ2) is 7.31. The van der Waals surface area contributed by atoms with E-state index < -0.39 is 5.97 Å².